The molecule has 1 aromatic heterocycles. The Labute approximate surface area is 197 Å². The minimum absolute atomic E-state index is 0.0391. The van der Waals surface area contributed by atoms with Crippen LogP contribution >= 0.6 is 0 Å². The molecule has 7 nitrogen and oxygen atoms in total. The van der Waals surface area contributed by atoms with Crippen molar-refractivity contribution in [1.29, 1.82) is 5.26 Å². The molecular weight excluding hydrogens is 450 g/mol. The Kier molecular flexibility index (Phi) is 5.84. The molecule has 0 aliphatic carbocycles. The molecule has 0 saturated carbocycles. The second kappa shape index (κ2) is 8.95. The van der Waals surface area contributed by atoms with E-state index < -0.39 is 16.1 Å². The molecule has 2 heterocycles. The third-order valence-corrected chi connectivity index (χ3v) is 7.57. The number of H-pyrrole nitrogens is 1. The summed E-state index contributed by atoms with van der Waals surface area (Å²) in [4.78, 5) is 3.22. The number of ether oxygens (including phenoxy) is 1. The maximum atomic E-state index is 13.5. The van der Waals surface area contributed by atoms with E-state index in [1.807, 2.05) is 42.6 Å². The minimum atomic E-state index is -4.01. The molecular formula is C26H23N3O4S. The number of aromatic nitrogens is 1. The van der Waals surface area contributed by atoms with E-state index in [0.29, 0.717) is 36.3 Å². The molecule has 5 rings (SSSR count). The number of nitriles is 1. The summed E-state index contributed by atoms with van der Waals surface area (Å²) in [7, 11) is -4.01. The molecule has 4 aromatic rings. The summed E-state index contributed by atoms with van der Waals surface area (Å²) >= 11 is 0. The lowest BCUT2D eigenvalue weighted by molar-refractivity contribution is 0.256. The molecule has 34 heavy (non-hydrogen) atoms. The van der Waals surface area contributed by atoms with Crippen molar-refractivity contribution < 1.29 is 18.3 Å². The number of hydrogen-bond donors (Lipinski definition) is 3. The van der Waals surface area contributed by atoms with Crippen molar-refractivity contribution in [2.75, 3.05) is 13.2 Å². The van der Waals surface area contributed by atoms with Crippen LogP contribution in [0.3, 0.4) is 0 Å². The van der Waals surface area contributed by atoms with Crippen molar-refractivity contribution in [3.8, 4) is 22.9 Å². The van der Waals surface area contributed by atoms with Crippen LogP contribution in [0.1, 0.15) is 16.7 Å². The molecule has 8 heteroatoms. The highest BCUT2D eigenvalue weighted by Crippen LogP contribution is 2.37. The quantitative estimate of drug-likeness (QED) is 0.380. The summed E-state index contributed by atoms with van der Waals surface area (Å²) in [6, 6.07) is 19.7. The maximum Gasteiger partial charge on any atom is 0.244 e. The highest BCUT2D eigenvalue weighted by Gasteiger charge is 2.29. The van der Waals surface area contributed by atoms with Gasteiger partial charge in [0.1, 0.15) is 10.6 Å². The lowest BCUT2D eigenvalue weighted by atomic mass is 10.0. The Balaban J connectivity index is 1.49. The van der Waals surface area contributed by atoms with Crippen LogP contribution in [0.4, 0.5) is 0 Å². The third kappa shape index (κ3) is 4.17. The van der Waals surface area contributed by atoms with Crippen LogP contribution in [0.5, 0.6) is 5.75 Å². The molecule has 1 atom stereocenters. The first-order valence-electron chi connectivity index (χ1n) is 11.0. The molecule has 172 valence electrons. The fraction of sp³-hybridized carbons (Fsp3) is 0.192. The zero-order valence-corrected chi connectivity index (χ0v) is 19.1. The van der Waals surface area contributed by atoms with Gasteiger partial charge in [-0.05, 0) is 59.0 Å². The monoisotopic (exact) mass is 473 g/mol. The SMILES string of the molecule is N#Cc1cccc(-c2cc3c(c(S(=O)(=O)N[C@@H](CO)Cc4c[nH]c5ccccc45)c2)OCC3)c1. The molecule has 3 aromatic carbocycles. The molecule has 0 spiro atoms. The third-order valence-electron chi connectivity index (χ3n) is 6.05. The zero-order valence-electron chi connectivity index (χ0n) is 18.3. The molecule has 1 aliphatic rings. The number of benzene rings is 3. The lowest BCUT2D eigenvalue weighted by Crippen LogP contribution is -2.39. The Bertz CT molecular complexity index is 1520. The predicted octanol–water partition coefficient (Wildman–Crippen LogP) is 3.52. The van der Waals surface area contributed by atoms with Gasteiger partial charge in [0, 0.05) is 29.6 Å². The van der Waals surface area contributed by atoms with E-state index in [9.17, 15) is 18.8 Å². The van der Waals surface area contributed by atoms with Crippen molar-refractivity contribution in [3.63, 3.8) is 0 Å². The van der Waals surface area contributed by atoms with E-state index in [1.54, 1.807) is 24.3 Å². The number of sulfonamides is 1. The first kappa shape index (κ1) is 22.2. The molecule has 0 fully saturated rings. The number of rotatable bonds is 7. The molecule has 0 unspecified atom stereocenters. The van der Waals surface area contributed by atoms with Crippen LogP contribution in [-0.2, 0) is 22.9 Å². The van der Waals surface area contributed by atoms with Crippen molar-refractivity contribution in [2.24, 2.45) is 0 Å². The van der Waals surface area contributed by atoms with Gasteiger partial charge < -0.3 is 14.8 Å². The summed E-state index contributed by atoms with van der Waals surface area (Å²) in [6.07, 6.45) is 2.76. The first-order valence-corrected chi connectivity index (χ1v) is 12.5. The number of hydrogen-bond acceptors (Lipinski definition) is 5. The van der Waals surface area contributed by atoms with Crippen molar-refractivity contribution >= 4 is 20.9 Å². The van der Waals surface area contributed by atoms with Crippen LogP contribution in [0.15, 0.2) is 71.8 Å². The average Bonchev–Trinajstić information content (AvgIpc) is 3.50. The maximum absolute atomic E-state index is 13.5. The lowest BCUT2D eigenvalue weighted by Gasteiger charge is -2.18. The smallest absolute Gasteiger partial charge is 0.244 e. The van der Waals surface area contributed by atoms with Gasteiger partial charge >= 0.3 is 0 Å². The van der Waals surface area contributed by atoms with Gasteiger partial charge in [0.15, 0.2) is 0 Å². The minimum Gasteiger partial charge on any atom is -0.492 e. The summed E-state index contributed by atoms with van der Waals surface area (Å²) in [6.45, 7) is 0.0456. The average molecular weight is 474 g/mol. The molecule has 0 bridgehead atoms. The fourth-order valence-corrected chi connectivity index (χ4v) is 5.84. The predicted molar refractivity (Wildman–Crippen MR) is 129 cm³/mol. The van der Waals surface area contributed by atoms with Crippen molar-refractivity contribution in [2.45, 2.75) is 23.8 Å². The van der Waals surface area contributed by atoms with Crippen LogP contribution in [0, 0.1) is 11.3 Å². The summed E-state index contributed by atoms with van der Waals surface area (Å²) in [5.41, 5.74) is 4.62. The van der Waals surface area contributed by atoms with E-state index in [0.717, 1.165) is 27.6 Å². The highest BCUT2D eigenvalue weighted by molar-refractivity contribution is 7.89. The molecule has 3 N–H and O–H groups in total. The van der Waals surface area contributed by atoms with Gasteiger partial charge in [-0.1, -0.05) is 30.3 Å². The topological polar surface area (TPSA) is 115 Å². The van der Waals surface area contributed by atoms with E-state index >= 15 is 0 Å². The number of aliphatic hydroxyl groups is 1. The molecule has 0 amide bonds. The first-order chi connectivity index (χ1) is 16.5. The summed E-state index contributed by atoms with van der Waals surface area (Å²) < 4.78 is 35.4. The van der Waals surface area contributed by atoms with Gasteiger partial charge in [-0.2, -0.15) is 5.26 Å². The van der Waals surface area contributed by atoms with Crippen LogP contribution in [0.2, 0.25) is 0 Å². The normalized spacial score (nSPS) is 13.9. The second-order valence-electron chi connectivity index (χ2n) is 8.32. The largest absolute Gasteiger partial charge is 0.492 e. The molecule has 0 saturated heterocycles. The number of nitrogens with zero attached hydrogens (tertiary/aromatic N) is 1. The van der Waals surface area contributed by atoms with Crippen molar-refractivity contribution in [1.82, 2.24) is 9.71 Å². The van der Waals surface area contributed by atoms with Gasteiger partial charge in [-0.15, -0.1) is 0 Å². The molecule has 0 radical (unpaired) electrons. The summed E-state index contributed by atoms with van der Waals surface area (Å²) in [5, 5.41) is 20.2. The molecule has 1 aliphatic heterocycles. The number of para-hydroxylation sites is 1. The van der Waals surface area contributed by atoms with Gasteiger partial charge in [0.05, 0.1) is 24.8 Å². The van der Waals surface area contributed by atoms with Gasteiger partial charge in [0.2, 0.25) is 10.0 Å². The van der Waals surface area contributed by atoms with E-state index in [4.69, 9.17) is 4.74 Å². The fourth-order valence-electron chi connectivity index (χ4n) is 4.40. The Morgan fingerprint density at radius 3 is 2.79 bits per heavy atom. The van der Waals surface area contributed by atoms with Crippen molar-refractivity contribution in [3.05, 3.63) is 83.6 Å². The number of nitrogens with one attached hydrogen (secondary N) is 2. The number of fused-ring (bicyclic) bond motifs is 2. The second-order valence-corrected chi connectivity index (χ2v) is 10.0. The number of aliphatic hydroxyl groups excluding tert-OH is 1. The Morgan fingerprint density at radius 2 is 1.97 bits per heavy atom. The van der Waals surface area contributed by atoms with E-state index in [1.165, 1.54) is 0 Å². The highest BCUT2D eigenvalue weighted by atomic mass is 32.2. The van der Waals surface area contributed by atoms with E-state index in [2.05, 4.69) is 15.8 Å². The number of aromatic amines is 1. The zero-order chi connectivity index (χ0) is 23.7. The van der Waals surface area contributed by atoms with E-state index in [-0.39, 0.29) is 11.5 Å². The van der Waals surface area contributed by atoms with Crippen LogP contribution in [0.25, 0.3) is 22.0 Å². The Hall–Kier alpha value is -3.64. The summed E-state index contributed by atoms with van der Waals surface area (Å²) in [5.74, 6) is 0.344. The van der Waals surface area contributed by atoms with Crippen LogP contribution < -0.4 is 9.46 Å². The van der Waals surface area contributed by atoms with Gasteiger partial charge in [0.25, 0.3) is 0 Å². The van der Waals surface area contributed by atoms with Crippen LogP contribution in [-0.4, -0.2) is 37.8 Å². The Morgan fingerprint density at radius 1 is 1.12 bits per heavy atom. The van der Waals surface area contributed by atoms with Gasteiger partial charge in [-0.3, -0.25) is 0 Å². The standard InChI is InChI=1S/C26H23N3O4S/c27-14-17-4-3-5-18(10-17)20-11-19-8-9-33-26(19)25(13-20)34(31,32)29-22(16-30)12-21-15-28-24-7-2-1-6-23(21)24/h1-7,10-11,13,15,22,28-30H,8-9,12,16H2/t22-/m1/s1. The van der Waals surface area contributed by atoms with Gasteiger partial charge in [-0.25, -0.2) is 13.1 Å².